The smallest absolute Gasteiger partial charge is 0.0731 e. The molecule has 0 aromatic rings. The van der Waals surface area contributed by atoms with Crippen molar-refractivity contribution in [3.63, 3.8) is 0 Å². The molecule has 0 aromatic heterocycles. The molecule has 2 atom stereocenters. The summed E-state index contributed by atoms with van der Waals surface area (Å²) in [6, 6.07) is 0.425. The molecular weight excluding hydrogens is 190 g/mol. The third-order valence-electron chi connectivity index (χ3n) is 4.06. The van der Waals surface area contributed by atoms with E-state index in [0.29, 0.717) is 12.6 Å². The third kappa shape index (κ3) is 2.35. The maximum Gasteiger partial charge on any atom is 0.0731 e. The van der Waals surface area contributed by atoms with Gasteiger partial charge in [-0.25, -0.2) is 0 Å². The average molecular weight is 215 g/mol. The van der Waals surface area contributed by atoms with E-state index in [9.17, 15) is 5.11 Å². The standard InChI is InChI=1S/C12H25NO2/c1-10(2,14)8-13-9-7-12(5,15-6)11(9,3)4/h9,13-14H,7-8H2,1-6H3. The van der Waals surface area contributed by atoms with Gasteiger partial charge in [0.05, 0.1) is 11.2 Å². The number of rotatable bonds is 4. The minimum Gasteiger partial charge on any atom is -0.389 e. The molecule has 3 nitrogen and oxygen atoms in total. The van der Waals surface area contributed by atoms with E-state index in [4.69, 9.17) is 4.74 Å². The van der Waals surface area contributed by atoms with Crippen molar-refractivity contribution in [1.82, 2.24) is 5.32 Å². The molecule has 1 aliphatic carbocycles. The van der Waals surface area contributed by atoms with Gasteiger partial charge in [0.25, 0.3) is 0 Å². The van der Waals surface area contributed by atoms with Gasteiger partial charge in [-0.15, -0.1) is 0 Å². The van der Waals surface area contributed by atoms with E-state index in [1.807, 2.05) is 13.8 Å². The second-order valence-corrected chi connectivity index (χ2v) is 6.11. The van der Waals surface area contributed by atoms with Gasteiger partial charge in [0.1, 0.15) is 0 Å². The number of ether oxygens (including phenoxy) is 1. The first kappa shape index (κ1) is 12.9. The van der Waals surface area contributed by atoms with Crippen molar-refractivity contribution in [2.45, 2.75) is 58.3 Å². The summed E-state index contributed by atoms with van der Waals surface area (Å²) in [6.07, 6.45) is 1.01. The molecule has 2 unspecified atom stereocenters. The Morgan fingerprint density at radius 3 is 2.27 bits per heavy atom. The number of nitrogens with one attached hydrogen (secondary N) is 1. The molecule has 90 valence electrons. The summed E-state index contributed by atoms with van der Waals surface area (Å²) in [5, 5.41) is 13.1. The van der Waals surface area contributed by atoms with E-state index in [1.165, 1.54) is 0 Å². The van der Waals surface area contributed by atoms with E-state index in [-0.39, 0.29) is 11.0 Å². The van der Waals surface area contributed by atoms with Gasteiger partial charge in [-0.1, -0.05) is 13.8 Å². The fourth-order valence-electron chi connectivity index (χ4n) is 2.19. The summed E-state index contributed by atoms with van der Waals surface area (Å²) >= 11 is 0. The molecule has 2 N–H and O–H groups in total. The Kier molecular flexibility index (Phi) is 3.21. The Morgan fingerprint density at radius 2 is 1.93 bits per heavy atom. The van der Waals surface area contributed by atoms with Crippen LogP contribution in [0.2, 0.25) is 0 Å². The topological polar surface area (TPSA) is 41.5 Å². The Bertz CT molecular complexity index is 232. The number of hydrogen-bond acceptors (Lipinski definition) is 3. The zero-order chi connectivity index (χ0) is 11.9. The fraction of sp³-hybridized carbons (Fsp3) is 1.00. The minimum absolute atomic E-state index is 0.0374. The molecule has 1 saturated carbocycles. The molecule has 0 bridgehead atoms. The quantitative estimate of drug-likeness (QED) is 0.747. The molecule has 0 aliphatic heterocycles. The first-order chi connectivity index (χ1) is 6.62. The lowest BCUT2D eigenvalue weighted by Gasteiger charge is -2.59. The summed E-state index contributed by atoms with van der Waals surface area (Å²) in [6.45, 7) is 10.8. The van der Waals surface area contributed by atoms with Crippen LogP contribution in [0.1, 0.15) is 41.0 Å². The van der Waals surface area contributed by atoms with Crippen molar-refractivity contribution in [2.75, 3.05) is 13.7 Å². The largest absolute Gasteiger partial charge is 0.389 e. The Hall–Kier alpha value is -0.120. The highest BCUT2D eigenvalue weighted by Gasteiger charge is 2.57. The summed E-state index contributed by atoms with van der Waals surface area (Å²) in [5.74, 6) is 0. The third-order valence-corrected chi connectivity index (χ3v) is 4.06. The van der Waals surface area contributed by atoms with Gasteiger partial charge in [-0.3, -0.25) is 0 Å². The van der Waals surface area contributed by atoms with Crippen molar-refractivity contribution in [3.8, 4) is 0 Å². The van der Waals surface area contributed by atoms with E-state index in [1.54, 1.807) is 7.11 Å². The first-order valence-electron chi connectivity index (χ1n) is 5.63. The van der Waals surface area contributed by atoms with Gasteiger partial charge in [0.15, 0.2) is 0 Å². The highest BCUT2D eigenvalue weighted by molar-refractivity contribution is 5.11. The lowest BCUT2D eigenvalue weighted by molar-refractivity contribution is -0.182. The Labute approximate surface area is 93.2 Å². The molecule has 1 aliphatic rings. The van der Waals surface area contributed by atoms with Crippen LogP contribution < -0.4 is 5.32 Å². The van der Waals surface area contributed by atoms with Crippen LogP contribution in [0.5, 0.6) is 0 Å². The van der Waals surface area contributed by atoms with Crippen LogP contribution in [0.15, 0.2) is 0 Å². The van der Waals surface area contributed by atoms with Crippen molar-refractivity contribution in [2.24, 2.45) is 5.41 Å². The van der Waals surface area contributed by atoms with E-state index >= 15 is 0 Å². The van der Waals surface area contributed by atoms with Crippen LogP contribution in [0.25, 0.3) is 0 Å². The number of methoxy groups -OCH3 is 1. The molecule has 0 heterocycles. The molecule has 3 heteroatoms. The fourth-order valence-corrected chi connectivity index (χ4v) is 2.19. The molecule has 0 amide bonds. The predicted molar refractivity (Wildman–Crippen MR) is 61.9 cm³/mol. The minimum atomic E-state index is -0.644. The van der Waals surface area contributed by atoms with Crippen LogP contribution in [0.3, 0.4) is 0 Å². The van der Waals surface area contributed by atoms with Crippen molar-refractivity contribution >= 4 is 0 Å². The molecule has 0 spiro atoms. The second-order valence-electron chi connectivity index (χ2n) is 6.11. The van der Waals surface area contributed by atoms with Crippen LogP contribution >= 0.6 is 0 Å². The van der Waals surface area contributed by atoms with Gasteiger partial charge >= 0.3 is 0 Å². The molecule has 1 rings (SSSR count). The van der Waals surface area contributed by atoms with Crippen molar-refractivity contribution in [1.29, 1.82) is 0 Å². The molecule has 1 fully saturated rings. The van der Waals surface area contributed by atoms with Gasteiger partial charge < -0.3 is 15.2 Å². The predicted octanol–water partition coefficient (Wildman–Crippen LogP) is 1.55. The molecule has 0 aromatic carbocycles. The van der Waals surface area contributed by atoms with E-state index in [0.717, 1.165) is 6.42 Å². The Balaban J connectivity index is 2.50. The first-order valence-corrected chi connectivity index (χ1v) is 5.63. The maximum absolute atomic E-state index is 9.65. The van der Waals surface area contributed by atoms with Gasteiger partial charge in [-0.05, 0) is 27.2 Å². The zero-order valence-electron chi connectivity index (χ0n) is 10.8. The molecule has 0 saturated heterocycles. The van der Waals surface area contributed by atoms with E-state index in [2.05, 4.69) is 26.1 Å². The molecule has 0 radical (unpaired) electrons. The highest BCUT2D eigenvalue weighted by Crippen LogP contribution is 2.51. The zero-order valence-corrected chi connectivity index (χ0v) is 10.8. The van der Waals surface area contributed by atoms with E-state index < -0.39 is 5.60 Å². The van der Waals surface area contributed by atoms with Crippen molar-refractivity contribution < 1.29 is 9.84 Å². The summed E-state index contributed by atoms with van der Waals surface area (Å²) < 4.78 is 5.55. The number of hydrogen-bond donors (Lipinski definition) is 2. The summed E-state index contributed by atoms with van der Waals surface area (Å²) in [4.78, 5) is 0. The molecule has 15 heavy (non-hydrogen) atoms. The van der Waals surface area contributed by atoms with Gasteiger partial charge in [0, 0.05) is 25.1 Å². The van der Waals surface area contributed by atoms with Crippen molar-refractivity contribution in [3.05, 3.63) is 0 Å². The Morgan fingerprint density at radius 1 is 1.40 bits per heavy atom. The monoisotopic (exact) mass is 215 g/mol. The second kappa shape index (κ2) is 3.72. The van der Waals surface area contributed by atoms with Gasteiger partial charge in [0.2, 0.25) is 0 Å². The van der Waals surface area contributed by atoms with Crippen LogP contribution in [-0.2, 0) is 4.74 Å². The lowest BCUT2D eigenvalue weighted by Crippen LogP contribution is -2.68. The molecular formula is C12H25NO2. The number of aliphatic hydroxyl groups is 1. The average Bonchev–Trinajstić information content (AvgIpc) is 2.09. The lowest BCUT2D eigenvalue weighted by atomic mass is 9.56. The normalized spacial score (nSPS) is 35.0. The maximum atomic E-state index is 9.65. The van der Waals surface area contributed by atoms with Crippen LogP contribution in [-0.4, -0.2) is 36.0 Å². The summed E-state index contributed by atoms with van der Waals surface area (Å²) in [7, 11) is 1.77. The van der Waals surface area contributed by atoms with Crippen LogP contribution in [0, 0.1) is 5.41 Å². The summed E-state index contributed by atoms with van der Waals surface area (Å²) in [5.41, 5.74) is -0.563. The highest BCUT2D eigenvalue weighted by atomic mass is 16.5. The van der Waals surface area contributed by atoms with Crippen LogP contribution in [0.4, 0.5) is 0 Å². The van der Waals surface area contributed by atoms with Gasteiger partial charge in [-0.2, -0.15) is 0 Å². The SMILES string of the molecule is COC1(C)CC(NCC(C)(C)O)C1(C)C.